The number of rotatable bonds is 5. The van der Waals surface area contributed by atoms with Crippen LogP contribution in [-0.4, -0.2) is 39.7 Å². The van der Waals surface area contributed by atoms with E-state index in [1.165, 1.54) is 11.7 Å². The van der Waals surface area contributed by atoms with Gasteiger partial charge < -0.3 is 10.1 Å². The van der Waals surface area contributed by atoms with Gasteiger partial charge in [-0.15, -0.1) is 0 Å². The molecule has 152 valence electrons. The summed E-state index contributed by atoms with van der Waals surface area (Å²) >= 11 is 9.45. The molecule has 9 heteroatoms. The van der Waals surface area contributed by atoms with E-state index >= 15 is 0 Å². The molecule has 0 saturated carbocycles. The Morgan fingerprint density at radius 3 is 2.90 bits per heavy atom. The van der Waals surface area contributed by atoms with E-state index in [1.807, 2.05) is 10.9 Å². The van der Waals surface area contributed by atoms with Gasteiger partial charge in [-0.25, -0.2) is 9.67 Å². The van der Waals surface area contributed by atoms with Gasteiger partial charge in [0.1, 0.15) is 5.82 Å². The zero-order valence-electron chi connectivity index (χ0n) is 16.3. The maximum absolute atomic E-state index is 5.97. The summed E-state index contributed by atoms with van der Waals surface area (Å²) in [6.45, 7) is 5.27. The predicted molar refractivity (Wildman–Crippen MR) is 123 cm³/mol. The predicted octanol–water partition coefficient (Wildman–Crippen LogP) is 5.57. The quantitative estimate of drug-likeness (QED) is 0.371. The lowest BCUT2D eigenvalue weighted by atomic mass is 10.1. The van der Waals surface area contributed by atoms with E-state index in [-0.39, 0.29) is 19.4 Å². The van der Waals surface area contributed by atoms with Crippen LogP contribution >= 0.6 is 35.5 Å². The molecule has 4 rings (SSSR count). The molecule has 1 aromatic carbocycles. The first-order chi connectivity index (χ1) is 14.0. The van der Waals surface area contributed by atoms with Gasteiger partial charge >= 0.3 is 0 Å². The average Bonchev–Trinajstić information content (AvgIpc) is 3.21. The summed E-state index contributed by atoms with van der Waals surface area (Å²) < 4.78 is 8.73. The normalized spacial score (nSPS) is 16.9. The van der Waals surface area contributed by atoms with Crippen molar-refractivity contribution >= 4 is 52.3 Å². The number of ether oxygens (including phenoxy) is 1. The second kappa shape index (κ2) is 9.09. The van der Waals surface area contributed by atoms with E-state index in [9.17, 15) is 0 Å². The third-order valence-electron chi connectivity index (χ3n) is 4.84. The lowest BCUT2D eigenvalue weighted by Crippen LogP contribution is -2.20. The second-order valence-electron chi connectivity index (χ2n) is 7.07. The number of aromatic nitrogens is 4. The number of anilines is 2. The summed E-state index contributed by atoms with van der Waals surface area (Å²) in [6, 6.07) is 8.49. The summed E-state index contributed by atoms with van der Waals surface area (Å²) in [5.41, 5.74) is 3.22. The minimum Gasteiger partial charge on any atom is -0.356 e. The molecular formula is C20H22BrClN5OP. The van der Waals surface area contributed by atoms with E-state index in [4.69, 9.17) is 16.3 Å². The van der Waals surface area contributed by atoms with Crippen LogP contribution in [0.25, 0.3) is 11.3 Å². The molecule has 0 spiro atoms. The van der Waals surface area contributed by atoms with Crippen LogP contribution < -0.4 is 10.6 Å². The zero-order chi connectivity index (χ0) is 20.4. The average molecular weight is 495 g/mol. The standard InChI is InChI=1S/C20H22BrClN5OP/c1-29(2)17-11-13(16-8-9-24-27(16)18-5-3-4-10-28-18)6-7-15(17)25-19-14(21)12-23-20(22)26-19/h6-9,11-12,18H,3-5,10H2,1-2H3,(H,23,25,26). The van der Waals surface area contributed by atoms with Gasteiger partial charge in [-0.05, 0) is 83.6 Å². The number of nitrogens with zero attached hydrogens (tertiary/aromatic N) is 4. The van der Waals surface area contributed by atoms with Crippen LogP contribution in [0.5, 0.6) is 0 Å². The Kier molecular flexibility index (Phi) is 6.50. The van der Waals surface area contributed by atoms with Crippen molar-refractivity contribution in [1.29, 1.82) is 0 Å². The SMILES string of the molecule is CP(C)c1cc(-c2ccnn2C2CCCCO2)ccc1Nc1nc(Cl)ncc1Br. The van der Waals surface area contributed by atoms with Crippen molar-refractivity contribution in [1.82, 2.24) is 19.7 Å². The highest BCUT2D eigenvalue weighted by Gasteiger charge is 2.20. The largest absolute Gasteiger partial charge is 0.356 e. The first-order valence-electron chi connectivity index (χ1n) is 9.45. The summed E-state index contributed by atoms with van der Waals surface area (Å²) in [5, 5.41) is 9.40. The van der Waals surface area contributed by atoms with E-state index < -0.39 is 0 Å². The van der Waals surface area contributed by atoms with Crippen LogP contribution in [0.4, 0.5) is 11.5 Å². The Bertz CT molecular complexity index is 1010. The number of benzene rings is 1. The monoisotopic (exact) mass is 493 g/mol. The Hall–Kier alpha value is -1.53. The molecule has 1 N–H and O–H groups in total. The van der Waals surface area contributed by atoms with Gasteiger partial charge in [0.15, 0.2) is 6.23 Å². The third kappa shape index (κ3) is 4.64. The van der Waals surface area contributed by atoms with Gasteiger partial charge in [-0.3, -0.25) is 0 Å². The smallest absolute Gasteiger partial charge is 0.224 e. The molecule has 1 saturated heterocycles. The van der Waals surface area contributed by atoms with Gasteiger partial charge in [0, 0.05) is 30.3 Å². The van der Waals surface area contributed by atoms with E-state index in [1.54, 1.807) is 6.20 Å². The number of nitrogens with one attached hydrogen (secondary N) is 1. The van der Waals surface area contributed by atoms with Crippen molar-refractivity contribution in [3.8, 4) is 11.3 Å². The van der Waals surface area contributed by atoms with Gasteiger partial charge in [-0.2, -0.15) is 10.1 Å². The summed E-state index contributed by atoms with van der Waals surface area (Å²) in [4.78, 5) is 8.28. The Balaban J connectivity index is 1.68. The van der Waals surface area contributed by atoms with Crippen LogP contribution in [-0.2, 0) is 4.74 Å². The summed E-state index contributed by atoms with van der Waals surface area (Å²) in [6.07, 6.45) is 6.80. The van der Waals surface area contributed by atoms with E-state index in [0.29, 0.717) is 5.82 Å². The Morgan fingerprint density at radius 2 is 2.14 bits per heavy atom. The first-order valence-corrected chi connectivity index (χ1v) is 12.9. The van der Waals surface area contributed by atoms with Crippen molar-refractivity contribution in [3.05, 3.63) is 46.4 Å². The number of hydrogen-bond donors (Lipinski definition) is 1. The molecule has 0 bridgehead atoms. The Morgan fingerprint density at radius 1 is 1.28 bits per heavy atom. The van der Waals surface area contributed by atoms with Gasteiger partial charge in [0.25, 0.3) is 0 Å². The fourth-order valence-corrected chi connectivity index (χ4v) is 4.85. The molecule has 1 unspecified atom stereocenters. The molecule has 0 amide bonds. The molecule has 2 aromatic heterocycles. The fraction of sp³-hybridized carbons (Fsp3) is 0.350. The minimum absolute atomic E-state index is 0.0129. The topological polar surface area (TPSA) is 64.9 Å². The van der Waals surface area contributed by atoms with Crippen LogP contribution in [0.15, 0.2) is 41.1 Å². The number of hydrogen-bond acceptors (Lipinski definition) is 5. The van der Waals surface area contributed by atoms with Gasteiger partial charge in [0.05, 0.1) is 10.2 Å². The molecule has 1 aliphatic rings. The van der Waals surface area contributed by atoms with Crippen molar-refractivity contribution < 1.29 is 4.74 Å². The number of halogens is 2. The van der Waals surface area contributed by atoms with Crippen molar-refractivity contribution in [2.45, 2.75) is 25.5 Å². The van der Waals surface area contributed by atoms with E-state index in [2.05, 4.69) is 73.9 Å². The van der Waals surface area contributed by atoms with Crippen LogP contribution in [0.1, 0.15) is 25.5 Å². The third-order valence-corrected chi connectivity index (χ3v) is 6.94. The van der Waals surface area contributed by atoms with Crippen molar-refractivity contribution in [2.24, 2.45) is 0 Å². The molecule has 3 aromatic rings. The molecule has 1 fully saturated rings. The summed E-state index contributed by atoms with van der Waals surface area (Å²) in [7, 11) is -0.361. The summed E-state index contributed by atoms with van der Waals surface area (Å²) in [5.74, 6) is 0.650. The molecule has 0 aliphatic carbocycles. The molecule has 0 radical (unpaired) electrons. The molecule has 3 heterocycles. The van der Waals surface area contributed by atoms with Gasteiger partial charge in [-0.1, -0.05) is 14.0 Å². The van der Waals surface area contributed by atoms with Crippen molar-refractivity contribution in [3.63, 3.8) is 0 Å². The van der Waals surface area contributed by atoms with Crippen LogP contribution in [0, 0.1) is 0 Å². The minimum atomic E-state index is -0.361. The molecule has 6 nitrogen and oxygen atoms in total. The first kappa shape index (κ1) is 20.7. The van der Waals surface area contributed by atoms with Gasteiger partial charge in [0.2, 0.25) is 5.28 Å². The van der Waals surface area contributed by atoms with Crippen LogP contribution in [0.3, 0.4) is 0 Å². The molecule has 1 aliphatic heterocycles. The van der Waals surface area contributed by atoms with Crippen LogP contribution in [0.2, 0.25) is 5.28 Å². The highest BCUT2D eigenvalue weighted by Crippen LogP contribution is 2.35. The maximum Gasteiger partial charge on any atom is 0.224 e. The highest BCUT2D eigenvalue weighted by molar-refractivity contribution is 9.10. The second-order valence-corrected chi connectivity index (χ2v) is 10.5. The fourth-order valence-electron chi connectivity index (χ4n) is 3.42. The highest BCUT2D eigenvalue weighted by atomic mass is 79.9. The Labute approximate surface area is 184 Å². The lowest BCUT2D eigenvalue weighted by molar-refractivity contribution is -0.0383. The molecule has 29 heavy (non-hydrogen) atoms. The molecule has 1 atom stereocenters. The zero-order valence-corrected chi connectivity index (χ0v) is 19.5. The lowest BCUT2D eigenvalue weighted by Gasteiger charge is -2.25. The molecular weight excluding hydrogens is 473 g/mol. The van der Waals surface area contributed by atoms with E-state index in [0.717, 1.165) is 40.9 Å². The maximum atomic E-state index is 5.97. The van der Waals surface area contributed by atoms with Crippen molar-refractivity contribution in [2.75, 3.05) is 25.3 Å².